The van der Waals surface area contributed by atoms with Gasteiger partial charge in [-0.25, -0.2) is 4.79 Å². The highest BCUT2D eigenvalue weighted by Gasteiger charge is 2.28. The first-order chi connectivity index (χ1) is 7.20. The number of nitrogens with zero attached hydrogens (tertiary/aromatic N) is 1. The first-order valence-electron chi connectivity index (χ1n) is 4.79. The number of piperidine rings is 1. The average molecular weight is 275 g/mol. The highest BCUT2D eigenvalue weighted by molar-refractivity contribution is 9.10. The second-order valence-electron chi connectivity index (χ2n) is 3.54. The van der Waals surface area contributed by atoms with E-state index in [0.29, 0.717) is 5.76 Å². The fourth-order valence-electron chi connectivity index (χ4n) is 1.84. The summed E-state index contributed by atoms with van der Waals surface area (Å²) in [7, 11) is 0. The maximum atomic E-state index is 11.0. The van der Waals surface area contributed by atoms with Gasteiger partial charge in [0, 0.05) is 5.92 Å². The van der Waals surface area contributed by atoms with E-state index in [2.05, 4.69) is 26.4 Å². The van der Waals surface area contributed by atoms with Crippen LogP contribution in [0.1, 0.15) is 34.9 Å². The van der Waals surface area contributed by atoms with Gasteiger partial charge in [0.15, 0.2) is 10.4 Å². The number of carboxylic acids is 1. The van der Waals surface area contributed by atoms with Gasteiger partial charge in [-0.1, -0.05) is 5.16 Å². The quantitative estimate of drug-likeness (QED) is 0.857. The lowest BCUT2D eigenvalue weighted by Gasteiger charge is -2.20. The van der Waals surface area contributed by atoms with Gasteiger partial charge >= 0.3 is 5.97 Å². The van der Waals surface area contributed by atoms with Gasteiger partial charge in [-0.05, 0) is 41.9 Å². The van der Waals surface area contributed by atoms with Crippen LogP contribution in [0, 0.1) is 0 Å². The van der Waals surface area contributed by atoms with Crippen molar-refractivity contribution in [2.45, 2.75) is 18.8 Å². The summed E-state index contributed by atoms with van der Waals surface area (Å²) < 4.78 is 5.37. The summed E-state index contributed by atoms with van der Waals surface area (Å²) in [4.78, 5) is 11.0. The van der Waals surface area contributed by atoms with Crippen molar-refractivity contribution in [2.75, 3.05) is 13.1 Å². The van der Waals surface area contributed by atoms with Crippen molar-refractivity contribution in [1.29, 1.82) is 0 Å². The van der Waals surface area contributed by atoms with Gasteiger partial charge < -0.3 is 14.9 Å². The predicted octanol–water partition coefficient (Wildman–Crippen LogP) is 1.60. The molecule has 0 unspecified atom stereocenters. The SMILES string of the molecule is O=C(O)c1c(Br)noc1C1CCNCC1. The molecule has 1 aromatic heterocycles. The number of rotatable bonds is 2. The second-order valence-corrected chi connectivity index (χ2v) is 4.29. The standard InChI is InChI=1S/C9H11BrN2O3/c10-8-6(9(13)14)7(15-12-8)5-1-3-11-4-2-5/h5,11H,1-4H2,(H,13,14). The Morgan fingerprint density at radius 2 is 2.20 bits per heavy atom. The number of hydrogen-bond acceptors (Lipinski definition) is 4. The van der Waals surface area contributed by atoms with E-state index in [-0.39, 0.29) is 16.1 Å². The average Bonchev–Trinajstić information content (AvgIpc) is 2.61. The van der Waals surface area contributed by atoms with Crippen LogP contribution in [0.5, 0.6) is 0 Å². The van der Waals surface area contributed by atoms with Crippen LogP contribution in [0.2, 0.25) is 0 Å². The molecule has 2 N–H and O–H groups in total. The van der Waals surface area contributed by atoms with Crippen LogP contribution in [0.4, 0.5) is 0 Å². The number of carbonyl (C=O) groups is 1. The maximum Gasteiger partial charge on any atom is 0.342 e. The Morgan fingerprint density at radius 3 is 2.80 bits per heavy atom. The van der Waals surface area contributed by atoms with Gasteiger partial charge in [0.25, 0.3) is 0 Å². The Bertz CT molecular complexity index is 371. The number of aromatic carboxylic acids is 1. The molecule has 0 saturated carbocycles. The van der Waals surface area contributed by atoms with Gasteiger partial charge in [-0.2, -0.15) is 0 Å². The molecule has 0 atom stereocenters. The van der Waals surface area contributed by atoms with E-state index < -0.39 is 5.97 Å². The molecule has 5 nitrogen and oxygen atoms in total. The number of nitrogens with one attached hydrogen (secondary N) is 1. The molecular weight excluding hydrogens is 264 g/mol. The van der Waals surface area contributed by atoms with Crippen molar-refractivity contribution in [3.63, 3.8) is 0 Å². The fraction of sp³-hybridized carbons (Fsp3) is 0.556. The van der Waals surface area contributed by atoms with Crippen LogP contribution in [0.25, 0.3) is 0 Å². The van der Waals surface area contributed by atoms with E-state index in [1.165, 1.54) is 0 Å². The Hall–Kier alpha value is -0.880. The maximum absolute atomic E-state index is 11.0. The van der Waals surface area contributed by atoms with Crippen molar-refractivity contribution >= 4 is 21.9 Å². The number of carboxylic acid groups (broad SMARTS) is 1. The molecule has 1 aliphatic heterocycles. The summed E-state index contributed by atoms with van der Waals surface area (Å²) in [5.41, 5.74) is 0.168. The van der Waals surface area contributed by atoms with Crippen LogP contribution < -0.4 is 5.32 Å². The minimum absolute atomic E-state index is 0.163. The minimum atomic E-state index is -0.989. The number of hydrogen-bond donors (Lipinski definition) is 2. The molecule has 15 heavy (non-hydrogen) atoms. The highest BCUT2D eigenvalue weighted by Crippen LogP contribution is 2.31. The second kappa shape index (κ2) is 4.32. The third-order valence-corrected chi connectivity index (χ3v) is 3.14. The number of aromatic nitrogens is 1. The summed E-state index contributed by atoms with van der Waals surface area (Å²) in [5.74, 6) is -0.330. The Kier molecular flexibility index (Phi) is 3.06. The normalized spacial score (nSPS) is 17.9. The zero-order valence-corrected chi connectivity index (χ0v) is 9.58. The fourth-order valence-corrected chi connectivity index (χ4v) is 2.28. The molecule has 0 aliphatic carbocycles. The highest BCUT2D eigenvalue weighted by atomic mass is 79.9. The molecule has 2 rings (SSSR count). The summed E-state index contributed by atoms with van der Waals surface area (Å²) >= 11 is 3.08. The first-order valence-corrected chi connectivity index (χ1v) is 5.58. The molecule has 0 radical (unpaired) electrons. The summed E-state index contributed by atoms with van der Waals surface area (Å²) in [6.07, 6.45) is 1.78. The van der Waals surface area contributed by atoms with E-state index in [1.807, 2.05) is 0 Å². The Labute approximate surface area is 95.0 Å². The van der Waals surface area contributed by atoms with Crippen molar-refractivity contribution < 1.29 is 14.4 Å². The van der Waals surface area contributed by atoms with Gasteiger partial charge in [-0.15, -0.1) is 0 Å². The lowest BCUT2D eigenvalue weighted by Crippen LogP contribution is -2.27. The first kappa shape index (κ1) is 10.6. The van der Waals surface area contributed by atoms with Crippen molar-refractivity contribution in [2.24, 2.45) is 0 Å². The third kappa shape index (κ3) is 2.05. The van der Waals surface area contributed by atoms with Crippen LogP contribution >= 0.6 is 15.9 Å². The summed E-state index contributed by atoms with van der Waals surface area (Å²) in [6, 6.07) is 0. The predicted molar refractivity (Wildman–Crippen MR) is 56.0 cm³/mol. The van der Waals surface area contributed by atoms with Crippen LogP contribution in [-0.4, -0.2) is 29.3 Å². The largest absolute Gasteiger partial charge is 0.477 e. The minimum Gasteiger partial charge on any atom is -0.477 e. The molecular formula is C9H11BrN2O3. The molecule has 1 aromatic rings. The van der Waals surface area contributed by atoms with Crippen molar-refractivity contribution in [1.82, 2.24) is 10.5 Å². The zero-order chi connectivity index (χ0) is 10.8. The molecule has 1 fully saturated rings. The molecule has 2 heterocycles. The molecule has 6 heteroatoms. The van der Waals surface area contributed by atoms with E-state index in [9.17, 15) is 4.79 Å². The molecule has 1 saturated heterocycles. The summed E-state index contributed by atoms with van der Waals surface area (Å²) in [5, 5.41) is 15.9. The lowest BCUT2D eigenvalue weighted by molar-refractivity contribution is 0.0692. The van der Waals surface area contributed by atoms with Crippen molar-refractivity contribution in [3.05, 3.63) is 15.9 Å². The van der Waals surface area contributed by atoms with Gasteiger partial charge in [0.1, 0.15) is 5.56 Å². The van der Waals surface area contributed by atoms with Crippen LogP contribution in [-0.2, 0) is 0 Å². The molecule has 0 spiro atoms. The molecule has 82 valence electrons. The monoisotopic (exact) mass is 274 g/mol. The third-order valence-electron chi connectivity index (χ3n) is 2.60. The topological polar surface area (TPSA) is 75.4 Å². The lowest BCUT2D eigenvalue weighted by atomic mass is 9.93. The summed E-state index contributed by atoms with van der Waals surface area (Å²) in [6.45, 7) is 1.78. The smallest absolute Gasteiger partial charge is 0.342 e. The molecule has 0 bridgehead atoms. The van der Waals surface area contributed by atoms with E-state index in [1.54, 1.807) is 0 Å². The van der Waals surface area contributed by atoms with E-state index in [4.69, 9.17) is 9.63 Å². The zero-order valence-electron chi connectivity index (χ0n) is 7.99. The van der Waals surface area contributed by atoms with Gasteiger partial charge in [0.05, 0.1) is 0 Å². The Morgan fingerprint density at radius 1 is 1.53 bits per heavy atom. The van der Waals surface area contributed by atoms with E-state index in [0.717, 1.165) is 25.9 Å². The molecule has 1 aliphatic rings. The van der Waals surface area contributed by atoms with Crippen LogP contribution in [0.15, 0.2) is 9.13 Å². The van der Waals surface area contributed by atoms with E-state index >= 15 is 0 Å². The number of halogens is 1. The van der Waals surface area contributed by atoms with Crippen molar-refractivity contribution in [3.8, 4) is 0 Å². The molecule has 0 aromatic carbocycles. The Balaban J connectivity index is 2.30. The molecule has 0 amide bonds. The van der Waals surface area contributed by atoms with Gasteiger partial charge in [0.2, 0.25) is 0 Å². The van der Waals surface area contributed by atoms with Crippen LogP contribution in [0.3, 0.4) is 0 Å². The van der Waals surface area contributed by atoms with Gasteiger partial charge in [-0.3, -0.25) is 0 Å².